The fourth-order valence-corrected chi connectivity index (χ4v) is 4.80. The van der Waals surface area contributed by atoms with E-state index >= 15 is 0 Å². The molecule has 184 valence electrons. The Kier molecular flexibility index (Phi) is 7.19. The van der Waals surface area contributed by atoms with Crippen molar-refractivity contribution in [2.45, 2.75) is 91.5 Å². The third-order valence-corrected chi connectivity index (χ3v) is 7.43. The molecule has 0 spiro atoms. The minimum absolute atomic E-state index is 0.0279. The number of ether oxygens (including phenoxy) is 1. The van der Waals surface area contributed by atoms with Crippen molar-refractivity contribution in [1.29, 1.82) is 0 Å². The minimum Gasteiger partial charge on any atom is -0.377 e. The average molecular weight is 467 g/mol. The highest BCUT2D eigenvalue weighted by Gasteiger charge is 2.32. The van der Waals surface area contributed by atoms with Crippen molar-refractivity contribution >= 4 is 10.9 Å². The summed E-state index contributed by atoms with van der Waals surface area (Å²) in [5.41, 5.74) is 3.78. The van der Waals surface area contributed by atoms with Crippen molar-refractivity contribution in [1.82, 2.24) is 30.1 Å². The van der Waals surface area contributed by atoms with Gasteiger partial charge in [0.2, 0.25) is 0 Å². The first-order valence-corrected chi connectivity index (χ1v) is 12.5. The van der Waals surface area contributed by atoms with Crippen LogP contribution in [-0.4, -0.2) is 49.3 Å². The van der Waals surface area contributed by atoms with Crippen LogP contribution in [0.1, 0.15) is 81.9 Å². The average Bonchev–Trinajstić information content (AvgIpc) is 3.49. The lowest BCUT2D eigenvalue weighted by Crippen LogP contribution is -2.39. The smallest absolute Gasteiger partial charge is 0.252 e. The van der Waals surface area contributed by atoms with E-state index in [1.807, 2.05) is 10.7 Å². The van der Waals surface area contributed by atoms with Gasteiger partial charge >= 0.3 is 0 Å². The molecule has 0 bridgehead atoms. The van der Waals surface area contributed by atoms with Gasteiger partial charge in [0.05, 0.1) is 17.7 Å². The van der Waals surface area contributed by atoms with Crippen LogP contribution in [0.3, 0.4) is 0 Å². The molecule has 4 rings (SSSR count). The van der Waals surface area contributed by atoms with Crippen molar-refractivity contribution in [2.24, 2.45) is 0 Å². The summed E-state index contributed by atoms with van der Waals surface area (Å²) in [5.74, 6) is 0.844. The lowest BCUT2D eigenvalue weighted by molar-refractivity contribution is 0.0475. The van der Waals surface area contributed by atoms with Crippen molar-refractivity contribution in [3.8, 4) is 0 Å². The van der Waals surface area contributed by atoms with Crippen LogP contribution < -0.4 is 5.56 Å². The Morgan fingerprint density at radius 2 is 2.00 bits per heavy atom. The van der Waals surface area contributed by atoms with Gasteiger partial charge in [-0.1, -0.05) is 13.8 Å². The summed E-state index contributed by atoms with van der Waals surface area (Å²) in [6, 6.07) is 6.21. The summed E-state index contributed by atoms with van der Waals surface area (Å²) in [6.07, 6.45) is 4.00. The highest BCUT2D eigenvalue weighted by atomic mass is 16.5. The molecule has 34 heavy (non-hydrogen) atoms. The zero-order valence-corrected chi connectivity index (χ0v) is 21.4. The molecule has 0 radical (unpaired) electrons. The van der Waals surface area contributed by atoms with Crippen LogP contribution in [0, 0.1) is 13.8 Å². The van der Waals surface area contributed by atoms with Crippen LogP contribution >= 0.6 is 0 Å². The topological polar surface area (TPSA) is 88.9 Å². The lowest BCUT2D eigenvalue weighted by Gasteiger charge is -2.34. The van der Waals surface area contributed by atoms with E-state index in [0.29, 0.717) is 6.54 Å². The highest BCUT2D eigenvalue weighted by molar-refractivity contribution is 5.80. The number of rotatable bonds is 9. The standard InChI is InChI=1S/C26H38N6O2/c1-7-23(24-28-29-30-32(24)26(5,6)8-2)31(16-21-10-9-11-34-21)15-20-14-19-12-17(3)18(4)13-22(19)27-25(20)33/h12-14,21,23H,7-11,15-16H2,1-6H3,(H,27,33)/t21-,23+/m0/s1. The first-order chi connectivity index (χ1) is 16.2. The number of pyridine rings is 1. The second-order valence-corrected chi connectivity index (χ2v) is 10.3. The Bertz CT molecular complexity index is 1190. The molecule has 1 aromatic carbocycles. The van der Waals surface area contributed by atoms with Crippen LogP contribution in [-0.2, 0) is 16.8 Å². The summed E-state index contributed by atoms with van der Waals surface area (Å²) in [7, 11) is 0. The second-order valence-electron chi connectivity index (χ2n) is 10.3. The maximum Gasteiger partial charge on any atom is 0.252 e. The molecule has 8 nitrogen and oxygen atoms in total. The van der Waals surface area contributed by atoms with Crippen molar-refractivity contribution < 1.29 is 4.74 Å². The Hall–Kier alpha value is -2.58. The molecular formula is C26H38N6O2. The minimum atomic E-state index is -0.197. The Labute approximate surface area is 201 Å². The molecule has 1 aliphatic rings. The van der Waals surface area contributed by atoms with Crippen molar-refractivity contribution in [2.75, 3.05) is 13.2 Å². The molecule has 0 aliphatic carbocycles. The lowest BCUT2D eigenvalue weighted by atomic mass is 10.0. The molecule has 3 aromatic rings. The maximum absolute atomic E-state index is 13.1. The summed E-state index contributed by atoms with van der Waals surface area (Å²) < 4.78 is 7.95. The van der Waals surface area contributed by atoms with Gasteiger partial charge in [-0.3, -0.25) is 9.69 Å². The van der Waals surface area contributed by atoms with E-state index < -0.39 is 0 Å². The van der Waals surface area contributed by atoms with Gasteiger partial charge in [0.1, 0.15) is 0 Å². The van der Waals surface area contributed by atoms with Crippen LogP contribution in [0.4, 0.5) is 0 Å². The van der Waals surface area contributed by atoms with Gasteiger partial charge in [0.15, 0.2) is 5.82 Å². The molecule has 2 aromatic heterocycles. The highest BCUT2D eigenvalue weighted by Crippen LogP contribution is 2.30. The van der Waals surface area contributed by atoms with Gasteiger partial charge in [-0.2, -0.15) is 0 Å². The number of aryl methyl sites for hydroxylation is 2. The van der Waals surface area contributed by atoms with Gasteiger partial charge in [-0.25, -0.2) is 4.68 Å². The van der Waals surface area contributed by atoms with Gasteiger partial charge in [0.25, 0.3) is 5.56 Å². The molecule has 1 fully saturated rings. The number of aromatic amines is 1. The molecule has 0 saturated carbocycles. The normalized spacial score (nSPS) is 17.7. The summed E-state index contributed by atoms with van der Waals surface area (Å²) in [6.45, 7) is 14.8. The van der Waals surface area contributed by atoms with Crippen LogP contribution in [0.25, 0.3) is 10.9 Å². The second kappa shape index (κ2) is 9.96. The van der Waals surface area contributed by atoms with Crippen LogP contribution in [0.15, 0.2) is 23.0 Å². The Balaban J connectivity index is 1.73. The molecule has 1 saturated heterocycles. The van der Waals surface area contributed by atoms with E-state index in [9.17, 15) is 4.79 Å². The molecule has 1 aliphatic heterocycles. The Morgan fingerprint density at radius 1 is 1.24 bits per heavy atom. The first-order valence-electron chi connectivity index (χ1n) is 12.5. The molecule has 3 heterocycles. The summed E-state index contributed by atoms with van der Waals surface area (Å²) in [4.78, 5) is 18.6. The first kappa shape index (κ1) is 24.5. The van der Waals surface area contributed by atoms with Crippen molar-refractivity contribution in [3.05, 3.63) is 51.1 Å². The largest absolute Gasteiger partial charge is 0.377 e. The summed E-state index contributed by atoms with van der Waals surface area (Å²) in [5, 5.41) is 13.9. The predicted octanol–water partition coefficient (Wildman–Crippen LogP) is 4.41. The van der Waals surface area contributed by atoms with E-state index in [4.69, 9.17) is 4.74 Å². The number of nitrogens with zero attached hydrogens (tertiary/aromatic N) is 5. The van der Waals surface area contributed by atoms with Crippen molar-refractivity contribution in [3.63, 3.8) is 0 Å². The zero-order chi connectivity index (χ0) is 24.5. The molecular weight excluding hydrogens is 428 g/mol. The van der Waals surface area contributed by atoms with E-state index in [1.54, 1.807) is 0 Å². The number of fused-ring (bicyclic) bond motifs is 1. The van der Waals surface area contributed by atoms with Gasteiger partial charge in [-0.05, 0) is 98.5 Å². The molecule has 2 atom stereocenters. The summed E-state index contributed by atoms with van der Waals surface area (Å²) >= 11 is 0. The predicted molar refractivity (Wildman–Crippen MR) is 134 cm³/mol. The third-order valence-electron chi connectivity index (χ3n) is 7.43. The molecule has 8 heteroatoms. The van der Waals surface area contributed by atoms with Gasteiger partial charge < -0.3 is 9.72 Å². The van der Waals surface area contributed by atoms with Gasteiger partial charge in [0, 0.05) is 30.8 Å². The Morgan fingerprint density at radius 3 is 2.68 bits per heavy atom. The SMILES string of the molecule is CC[C@H](c1nnnn1C(C)(C)CC)N(Cc1cc2cc(C)c(C)cc2[nH]c1=O)C[C@@H]1CCCO1. The van der Waals surface area contributed by atoms with Crippen LogP contribution in [0.2, 0.25) is 0 Å². The fraction of sp³-hybridized carbons (Fsp3) is 0.615. The molecule has 0 unspecified atom stereocenters. The number of H-pyrrole nitrogens is 1. The quantitative estimate of drug-likeness (QED) is 0.503. The molecule has 1 N–H and O–H groups in total. The fourth-order valence-electron chi connectivity index (χ4n) is 4.80. The van der Waals surface area contributed by atoms with Gasteiger partial charge in [-0.15, -0.1) is 5.10 Å². The van der Waals surface area contributed by atoms with E-state index in [1.165, 1.54) is 11.1 Å². The zero-order valence-electron chi connectivity index (χ0n) is 21.4. The number of benzene rings is 1. The monoisotopic (exact) mass is 466 g/mol. The number of aromatic nitrogens is 5. The number of tetrazole rings is 1. The number of hydrogen-bond acceptors (Lipinski definition) is 6. The number of nitrogens with one attached hydrogen (secondary N) is 1. The van der Waals surface area contributed by atoms with E-state index in [2.05, 4.69) is 79.1 Å². The maximum atomic E-state index is 13.1. The van der Waals surface area contributed by atoms with E-state index in [-0.39, 0.29) is 23.2 Å². The van der Waals surface area contributed by atoms with Crippen LogP contribution in [0.5, 0.6) is 0 Å². The number of hydrogen-bond donors (Lipinski definition) is 1. The molecule has 0 amide bonds. The third kappa shape index (κ3) is 4.93. The van der Waals surface area contributed by atoms with E-state index in [0.717, 1.165) is 61.1 Å².